The van der Waals surface area contributed by atoms with Crippen LogP contribution in [0.25, 0.3) is 0 Å². The van der Waals surface area contributed by atoms with Gasteiger partial charge in [-0.25, -0.2) is 4.90 Å². The highest BCUT2D eigenvalue weighted by molar-refractivity contribution is 6.32. The summed E-state index contributed by atoms with van der Waals surface area (Å²) in [6.45, 7) is 0.194. The molecule has 1 saturated carbocycles. The number of likely N-dealkylation sites (tertiary alicyclic amines) is 1. The van der Waals surface area contributed by atoms with E-state index in [9.17, 15) is 24.3 Å². The number of amides is 4. The number of halogens is 1. The molecule has 0 bridgehead atoms. The third-order valence-corrected chi connectivity index (χ3v) is 11.3. The summed E-state index contributed by atoms with van der Waals surface area (Å²) in [5, 5.41) is 20.4. The number of rotatable bonds is 10. The quantitative estimate of drug-likeness (QED) is 0.153. The number of carbonyl (C=O) groups excluding carboxylic acids is 4. The second-order valence-corrected chi connectivity index (χ2v) is 14.0. The molecule has 2 N–H and O–H groups in total. The molecule has 2 saturated heterocycles. The first-order chi connectivity index (χ1) is 24.1. The topological polar surface area (TPSA) is 142 Å². The van der Waals surface area contributed by atoms with Gasteiger partial charge in [0.05, 0.1) is 36.0 Å². The van der Waals surface area contributed by atoms with E-state index in [1.807, 2.05) is 36.4 Å². The largest absolute Gasteiger partial charge is 0.504 e. The van der Waals surface area contributed by atoms with Crippen molar-refractivity contribution in [2.24, 2.45) is 23.7 Å². The minimum atomic E-state index is -1.45. The summed E-state index contributed by atoms with van der Waals surface area (Å²) in [5.74, 6) is -5.76. The molecule has 10 nitrogen and oxygen atoms in total. The lowest BCUT2D eigenvalue weighted by molar-refractivity contribution is -0.141. The standard InChI is InChI=1S/C39H37ClN2O8/c1-50-31-17-14-22(19-30(31)43)34-26-15-16-27-33(37(48)41(35(27)46)18-7-3-6-13-32(44)45)28(26)21-29-36(47)42(25-12-8-11-24(40)20-25)38(49)39(29,34)23-9-4-2-5-10-23/h2,4-5,8-12,14-15,17,19-20,27-29,33-34,43H,3,6-7,13,16,18,21H2,1H3,(H,44,45)/t27-,28+,29-,33-,34-,39+/m0/s1. The Morgan fingerprint density at radius 2 is 1.70 bits per heavy atom. The van der Waals surface area contributed by atoms with Gasteiger partial charge in [0.2, 0.25) is 23.6 Å². The van der Waals surface area contributed by atoms with E-state index in [1.54, 1.807) is 42.5 Å². The Bertz CT molecular complexity index is 1930. The van der Waals surface area contributed by atoms with E-state index in [1.165, 1.54) is 16.9 Å². The Morgan fingerprint density at radius 1 is 0.920 bits per heavy atom. The molecular weight excluding hydrogens is 660 g/mol. The Labute approximate surface area is 294 Å². The molecule has 3 aromatic carbocycles. The maximum absolute atomic E-state index is 15.2. The van der Waals surface area contributed by atoms with Crippen LogP contribution in [-0.2, 0) is 29.4 Å². The van der Waals surface area contributed by atoms with E-state index in [0.717, 1.165) is 5.57 Å². The van der Waals surface area contributed by atoms with Gasteiger partial charge < -0.3 is 14.9 Å². The number of aliphatic carboxylic acids is 1. The number of fused-ring (bicyclic) bond motifs is 4. The predicted octanol–water partition coefficient (Wildman–Crippen LogP) is 5.86. The Balaban J connectivity index is 1.37. The second-order valence-electron chi connectivity index (χ2n) is 13.6. The van der Waals surface area contributed by atoms with Gasteiger partial charge in [0.1, 0.15) is 0 Å². The van der Waals surface area contributed by atoms with Gasteiger partial charge in [-0.15, -0.1) is 0 Å². The molecular formula is C39H37ClN2O8. The number of imide groups is 2. The lowest BCUT2D eigenvalue weighted by Crippen LogP contribution is -2.53. The average molecular weight is 697 g/mol. The molecule has 0 radical (unpaired) electrons. The van der Waals surface area contributed by atoms with E-state index in [2.05, 4.69) is 0 Å². The van der Waals surface area contributed by atoms with Gasteiger partial charge in [-0.1, -0.05) is 72.1 Å². The van der Waals surface area contributed by atoms with Gasteiger partial charge in [0.15, 0.2) is 11.5 Å². The van der Waals surface area contributed by atoms with Crippen molar-refractivity contribution >= 4 is 46.9 Å². The highest BCUT2D eigenvalue weighted by atomic mass is 35.5. The maximum Gasteiger partial charge on any atom is 0.303 e. The molecule has 2 aliphatic heterocycles. The van der Waals surface area contributed by atoms with Crippen molar-refractivity contribution in [3.8, 4) is 11.5 Å². The number of carboxylic acid groups (broad SMARTS) is 1. The molecule has 2 aliphatic carbocycles. The van der Waals surface area contributed by atoms with Crippen LogP contribution in [0.1, 0.15) is 55.6 Å². The van der Waals surface area contributed by atoms with Gasteiger partial charge in [-0.2, -0.15) is 0 Å². The van der Waals surface area contributed by atoms with Crippen molar-refractivity contribution in [3.63, 3.8) is 0 Å². The van der Waals surface area contributed by atoms with Gasteiger partial charge in [0, 0.05) is 23.9 Å². The summed E-state index contributed by atoms with van der Waals surface area (Å²) >= 11 is 6.37. The van der Waals surface area contributed by atoms with Crippen molar-refractivity contribution in [2.45, 2.75) is 49.9 Å². The van der Waals surface area contributed by atoms with Gasteiger partial charge >= 0.3 is 5.97 Å². The smallest absolute Gasteiger partial charge is 0.303 e. The fourth-order valence-electron chi connectivity index (χ4n) is 9.01. The molecule has 0 aromatic heterocycles. The molecule has 4 aliphatic rings. The van der Waals surface area contributed by atoms with Crippen LogP contribution in [0.3, 0.4) is 0 Å². The second kappa shape index (κ2) is 13.1. The van der Waals surface area contributed by atoms with Crippen molar-refractivity contribution in [1.82, 2.24) is 4.90 Å². The predicted molar refractivity (Wildman–Crippen MR) is 184 cm³/mol. The number of hydrogen-bond donors (Lipinski definition) is 2. The van der Waals surface area contributed by atoms with Crippen LogP contribution in [0, 0.1) is 23.7 Å². The van der Waals surface area contributed by atoms with Crippen LogP contribution in [0.5, 0.6) is 11.5 Å². The fraction of sp³-hybridized carbons (Fsp3) is 0.359. The zero-order valence-electron chi connectivity index (χ0n) is 27.5. The summed E-state index contributed by atoms with van der Waals surface area (Å²) in [7, 11) is 1.44. The Kier molecular flexibility index (Phi) is 8.76. The van der Waals surface area contributed by atoms with Crippen LogP contribution in [0.2, 0.25) is 5.02 Å². The number of carbonyl (C=O) groups is 5. The van der Waals surface area contributed by atoms with Gasteiger partial charge in [-0.3, -0.25) is 28.9 Å². The van der Waals surface area contributed by atoms with E-state index >= 15 is 4.79 Å². The molecule has 11 heteroatoms. The number of anilines is 1. The highest BCUT2D eigenvalue weighted by Gasteiger charge is 2.70. The van der Waals surface area contributed by atoms with E-state index < -0.39 is 52.8 Å². The first-order valence-electron chi connectivity index (χ1n) is 16.9. The molecule has 6 atom stereocenters. The Hall–Kier alpha value is -4.96. The number of phenols is 1. The van der Waals surface area contributed by atoms with E-state index in [4.69, 9.17) is 21.4 Å². The summed E-state index contributed by atoms with van der Waals surface area (Å²) in [6, 6.07) is 20.8. The van der Waals surface area contributed by atoms with Crippen LogP contribution in [0.4, 0.5) is 5.69 Å². The third-order valence-electron chi connectivity index (χ3n) is 11.1. The molecule has 0 unspecified atom stereocenters. The third kappa shape index (κ3) is 5.19. The zero-order valence-corrected chi connectivity index (χ0v) is 28.2. The molecule has 0 spiro atoms. The minimum Gasteiger partial charge on any atom is -0.504 e. The van der Waals surface area contributed by atoms with Gasteiger partial charge in [-0.05, 0) is 73.1 Å². The maximum atomic E-state index is 15.2. The minimum absolute atomic E-state index is 0.0221. The number of nitrogens with zero attached hydrogens (tertiary/aromatic N) is 2. The number of ether oxygens (including phenoxy) is 1. The highest BCUT2D eigenvalue weighted by Crippen LogP contribution is 2.64. The lowest BCUT2D eigenvalue weighted by Gasteiger charge is -2.50. The van der Waals surface area contributed by atoms with Crippen molar-refractivity contribution in [3.05, 3.63) is 101 Å². The number of benzene rings is 3. The van der Waals surface area contributed by atoms with Gasteiger partial charge in [0.25, 0.3) is 0 Å². The first-order valence-corrected chi connectivity index (χ1v) is 17.3. The number of unbranched alkanes of at least 4 members (excludes halogenated alkanes) is 2. The SMILES string of the molecule is COc1ccc([C@H]2C3=CC[C@@H]4C(=O)N(CCCCCC(=O)O)C(=O)[C@@H]4[C@@H]3C[C@H]3C(=O)N(c4cccc(Cl)c4)C(=O)[C@@]23c2ccccc2)cc1O. The monoisotopic (exact) mass is 696 g/mol. The van der Waals surface area contributed by atoms with Crippen LogP contribution in [0.15, 0.2) is 84.4 Å². The molecule has 7 rings (SSSR count). The molecule has 3 fully saturated rings. The summed E-state index contributed by atoms with van der Waals surface area (Å²) in [4.78, 5) is 71.5. The van der Waals surface area contributed by atoms with Crippen LogP contribution in [-0.4, -0.2) is 58.4 Å². The number of hydrogen-bond acceptors (Lipinski definition) is 7. The normalized spacial score (nSPS) is 27.2. The molecule has 258 valence electrons. The zero-order chi connectivity index (χ0) is 35.3. The van der Waals surface area contributed by atoms with E-state index in [0.29, 0.717) is 41.1 Å². The fourth-order valence-corrected chi connectivity index (χ4v) is 9.20. The average Bonchev–Trinajstić information content (AvgIpc) is 3.48. The number of methoxy groups -OCH3 is 1. The number of aromatic hydroxyl groups is 1. The lowest BCUT2D eigenvalue weighted by atomic mass is 9.49. The molecule has 3 aromatic rings. The summed E-state index contributed by atoms with van der Waals surface area (Å²) in [5.41, 5.74) is 0.880. The summed E-state index contributed by atoms with van der Waals surface area (Å²) < 4.78 is 5.35. The molecule has 2 heterocycles. The first kappa shape index (κ1) is 33.5. The molecule has 50 heavy (non-hydrogen) atoms. The van der Waals surface area contributed by atoms with Crippen molar-refractivity contribution < 1.29 is 38.9 Å². The number of phenolic OH excluding ortho intramolecular Hbond substituents is 1. The number of allylic oxidation sites excluding steroid dienone is 2. The van der Waals surface area contributed by atoms with Crippen LogP contribution < -0.4 is 9.64 Å². The van der Waals surface area contributed by atoms with Crippen molar-refractivity contribution in [1.29, 1.82) is 0 Å². The van der Waals surface area contributed by atoms with Crippen LogP contribution >= 0.6 is 11.6 Å². The molecule has 4 amide bonds. The van der Waals surface area contributed by atoms with Crippen molar-refractivity contribution in [2.75, 3.05) is 18.6 Å². The Morgan fingerprint density at radius 3 is 2.40 bits per heavy atom. The van der Waals surface area contributed by atoms with E-state index in [-0.39, 0.29) is 49.1 Å². The summed E-state index contributed by atoms with van der Waals surface area (Å²) in [6.07, 6.45) is 3.94. The number of carboxylic acids is 1.